The van der Waals surface area contributed by atoms with Crippen molar-refractivity contribution in [2.75, 3.05) is 51.8 Å². The van der Waals surface area contributed by atoms with Gasteiger partial charge in [0.2, 0.25) is 0 Å². The average molecular weight is 470 g/mol. The van der Waals surface area contributed by atoms with Crippen LogP contribution in [0.4, 0.5) is 0 Å². The molecule has 142 valence electrons. The van der Waals surface area contributed by atoms with Crippen molar-refractivity contribution in [3.63, 3.8) is 0 Å². The molecule has 7 heteroatoms. The van der Waals surface area contributed by atoms with Gasteiger partial charge in [-0.05, 0) is 26.7 Å². The molecule has 0 amide bonds. The van der Waals surface area contributed by atoms with Crippen LogP contribution in [0.15, 0.2) is 4.99 Å². The van der Waals surface area contributed by atoms with Crippen LogP contribution in [0.5, 0.6) is 0 Å². The molecular formula is C17H35IN4OS. The van der Waals surface area contributed by atoms with Gasteiger partial charge in [-0.1, -0.05) is 12.8 Å². The third-order valence-corrected chi connectivity index (χ3v) is 6.20. The zero-order valence-corrected chi connectivity index (χ0v) is 18.8. The van der Waals surface area contributed by atoms with Crippen molar-refractivity contribution in [3.8, 4) is 0 Å². The summed E-state index contributed by atoms with van der Waals surface area (Å²) in [5, 5.41) is 6.98. The molecule has 1 heterocycles. The largest absolute Gasteiger partial charge is 0.377 e. The number of halogens is 1. The smallest absolute Gasteiger partial charge is 0.191 e. The zero-order chi connectivity index (χ0) is 16.8. The quantitative estimate of drug-likeness (QED) is 0.355. The highest BCUT2D eigenvalue weighted by atomic mass is 127. The van der Waals surface area contributed by atoms with E-state index in [0.29, 0.717) is 5.54 Å². The number of aliphatic imine (C=N–C) groups is 1. The Kier molecular flexibility index (Phi) is 9.69. The maximum Gasteiger partial charge on any atom is 0.191 e. The molecule has 1 saturated heterocycles. The van der Waals surface area contributed by atoms with Crippen LogP contribution in [0.3, 0.4) is 0 Å². The van der Waals surface area contributed by atoms with E-state index in [1.165, 1.54) is 50.3 Å². The first-order valence-corrected chi connectivity index (χ1v) is 9.99. The summed E-state index contributed by atoms with van der Waals surface area (Å²) in [4.78, 5) is 7.11. The van der Waals surface area contributed by atoms with E-state index in [4.69, 9.17) is 4.74 Å². The second-order valence-electron chi connectivity index (χ2n) is 7.27. The minimum absolute atomic E-state index is 0. The number of guanidine groups is 1. The summed E-state index contributed by atoms with van der Waals surface area (Å²) in [6, 6.07) is 0. The lowest BCUT2D eigenvalue weighted by molar-refractivity contribution is 0.0267. The molecule has 2 N–H and O–H groups in total. The molecule has 2 fully saturated rings. The van der Waals surface area contributed by atoms with Crippen molar-refractivity contribution in [1.29, 1.82) is 0 Å². The van der Waals surface area contributed by atoms with Gasteiger partial charge in [0.1, 0.15) is 0 Å². The lowest BCUT2D eigenvalue weighted by atomic mass is 9.94. The Bertz CT molecular complexity index is 394. The maximum atomic E-state index is 5.47. The lowest BCUT2D eigenvalue weighted by Gasteiger charge is -2.43. The molecule has 0 aromatic rings. The van der Waals surface area contributed by atoms with Crippen LogP contribution in [0.2, 0.25) is 0 Å². The molecule has 0 bridgehead atoms. The zero-order valence-electron chi connectivity index (χ0n) is 15.7. The minimum atomic E-state index is -0.188. The number of thioether (sulfide) groups is 1. The monoisotopic (exact) mass is 470 g/mol. The van der Waals surface area contributed by atoms with E-state index in [9.17, 15) is 0 Å². The van der Waals surface area contributed by atoms with E-state index in [-0.39, 0.29) is 29.6 Å². The number of rotatable bonds is 6. The van der Waals surface area contributed by atoms with Gasteiger partial charge < -0.3 is 15.4 Å². The van der Waals surface area contributed by atoms with Gasteiger partial charge in [0, 0.05) is 57.4 Å². The normalized spacial score (nSPS) is 22.1. The first kappa shape index (κ1) is 22.3. The number of hydrogen-bond acceptors (Lipinski definition) is 4. The lowest BCUT2D eigenvalue weighted by Crippen LogP contribution is -2.58. The van der Waals surface area contributed by atoms with Crippen molar-refractivity contribution in [2.45, 2.75) is 50.7 Å². The first-order chi connectivity index (χ1) is 11.0. The molecule has 2 aliphatic rings. The van der Waals surface area contributed by atoms with E-state index in [0.717, 1.165) is 19.0 Å². The standard InChI is InChI=1S/C17H34N4OS.HI/c1-16(2,22-4)13-19-15(18-3)20-14-17(7-5-6-8-17)21-9-11-23-12-10-21;/h5-14H2,1-4H3,(H2,18,19,20);1H. The number of nitrogens with zero attached hydrogens (tertiary/aromatic N) is 2. The molecular weight excluding hydrogens is 435 g/mol. The van der Waals surface area contributed by atoms with E-state index in [1.807, 2.05) is 7.05 Å². The highest BCUT2D eigenvalue weighted by molar-refractivity contribution is 14.0. The third kappa shape index (κ3) is 6.21. The SMILES string of the molecule is CN=C(NCC(C)(C)OC)NCC1(N2CCSCC2)CCCC1.I. The summed E-state index contributed by atoms with van der Waals surface area (Å²) in [7, 11) is 3.59. The first-order valence-electron chi connectivity index (χ1n) is 8.84. The van der Waals surface area contributed by atoms with Gasteiger partial charge in [0.25, 0.3) is 0 Å². The Labute approximate surface area is 169 Å². The molecule has 1 aliphatic carbocycles. The topological polar surface area (TPSA) is 48.9 Å². The van der Waals surface area contributed by atoms with Crippen LogP contribution in [0.1, 0.15) is 39.5 Å². The summed E-state index contributed by atoms with van der Waals surface area (Å²) >= 11 is 2.09. The van der Waals surface area contributed by atoms with Gasteiger partial charge >= 0.3 is 0 Å². The fraction of sp³-hybridized carbons (Fsp3) is 0.941. The fourth-order valence-electron chi connectivity index (χ4n) is 3.51. The van der Waals surface area contributed by atoms with Crippen LogP contribution >= 0.6 is 35.7 Å². The van der Waals surface area contributed by atoms with Gasteiger partial charge in [-0.3, -0.25) is 9.89 Å². The molecule has 24 heavy (non-hydrogen) atoms. The molecule has 2 rings (SSSR count). The van der Waals surface area contributed by atoms with Gasteiger partial charge in [-0.25, -0.2) is 0 Å². The van der Waals surface area contributed by atoms with Gasteiger partial charge in [-0.2, -0.15) is 11.8 Å². The van der Waals surface area contributed by atoms with Crippen LogP contribution in [-0.2, 0) is 4.74 Å². The number of ether oxygens (including phenoxy) is 1. The Balaban J connectivity index is 0.00000288. The Morgan fingerprint density at radius 2 is 1.83 bits per heavy atom. The van der Waals surface area contributed by atoms with Crippen molar-refractivity contribution >= 4 is 41.7 Å². The predicted octanol–water partition coefficient (Wildman–Crippen LogP) is 2.56. The van der Waals surface area contributed by atoms with Gasteiger partial charge in [0.05, 0.1) is 5.60 Å². The Morgan fingerprint density at radius 1 is 1.21 bits per heavy atom. The summed E-state index contributed by atoms with van der Waals surface area (Å²) in [5.74, 6) is 3.43. The predicted molar refractivity (Wildman–Crippen MR) is 116 cm³/mol. The molecule has 0 radical (unpaired) electrons. The van der Waals surface area contributed by atoms with Crippen molar-refractivity contribution in [1.82, 2.24) is 15.5 Å². The van der Waals surface area contributed by atoms with Gasteiger partial charge in [0.15, 0.2) is 5.96 Å². The molecule has 0 atom stereocenters. The molecule has 0 aromatic carbocycles. The fourth-order valence-corrected chi connectivity index (χ4v) is 4.42. The van der Waals surface area contributed by atoms with Gasteiger partial charge in [-0.15, -0.1) is 24.0 Å². The minimum Gasteiger partial charge on any atom is -0.377 e. The van der Waals surface area contributed by atoms with Crippen molar-refractivity contribution in [2.24, 2.45) is 4.99 Å². The number of hydrogen-bond donors (Lipinski definition) is 2. The Hall–Kier alpha value is 0.270. The Morgan fingerprint density at radius 3 is 2.38 bits per heavy atom. The summed E-state index contributed by atoms with van der Waals surface area (Å²) in [5.41, 5.74) is 0.141. The number of nitrogens with one attached hydrogen (secondary N) is 2. The second-order valence-corrected chi connectivity index (χ2v) is 8.50. The van der Waals surface area contributed by atoms with Crippen LogP contribution in [-0.4, -0.2) is 73.8 Å². The molecule has 1 saturated carbocycles. The van der Waals surface area contributed by atoms with E-state index < -0.39 is 0 Å². The van der Waals surface area contributed by atoms with Crippen molar-refractivity contribution in [3.05, 3.63) is 0 Å². The molecule has 5 nitrogen and oxygen atoms in total. The second kappa shape index (κ2) is 10.4. The highest BCUT2D eigenvalue weighted by Gasteiger charge is 2.40. The summed E-state index contributed by atoms with van der Waals surface area (Å²) < 4.78 is 5.47. The summed E-state index contributed by atoms with van der Waals surface area (Å²) in [6.07, 6.45) is 5.33. The molecule has 0 aromatic heterocycles. The molecule has 0 spiro atoms. The average Bonchev–Trinajstić information content (AvgIpc) is 3.06. The molecule has 1 aliphatic heterocycles. The van der Waals surface area contributed by atoms with Crippen LogP contribution in [0, 0.1) is 0 Å². The van der Waals surface area contributed by atoms with Crippen molar-refractivity contribution < 1.29 is 4.74 Å². The van der Waals surface area contributed by atoms with E-state index in [1.54, 1.807) is 7.11 Å². The molecule has 0 unspecified atom stereocenters. The highest BCUT2D eigenvalue weighted by Crippen LogP contribution is 2.36. The van der Waals surface area contributed by atoms with Crippen LogP contribution in [0.25, 0.3) is 0 Å². The summed E-state index contributed by atoms with van der Waals surface area (Å²) in [6.45, 7) is 8.36. The van der Waals surface area contributed by atoms with Crippen LogP contribution < -0.4 is 10.6 Å². The third-order valence-electron chi connectivity index (χ3n) is 5.26. The van der Waals surface area contributed by atoms with E-state index >= 15 is 0 Å². The number of methoxy groups -OCH3 is 1. The van der Waals surface area contributed by atoms with E-state index in [2.05, 4.69) is 46.1 Å². The maximum absolute atomic E-state index is 5.47.